The van der Waals surface area contributed by atoms with Crippen molar-refractivity contribution in [2.24, 2.45) is 4.99 Å². The third-order valence-electron chi connectivity index (χ3n) is 8.30. The molecule has 0 saturated carbocycles. The fourth-order valence-electron chi connectivity index (χ4n) is 6.35. The van der Waals surface area contributed by atoms with E-state index in [0.717, 1.165) is 28.2 Å². The van der Waals surface area contributed by atoms with E-state index in [0.29, 0.717) is 0 Å². The minimum Gasteiger partial charge on any atom is -0.291 e. The third kappa shape index (κ3) is 4.11. The maximum absolute atomic E-state index is 5.41. The quantitative estimate of drug-likeness (QED) is 0.197. The van der Waals surface area contributed by atoms with Gasteiger partial charge in [-0.05, 0) is 81.8 Å². The molecule has 1 aromatic heterocycles. The Labute approximate surface area is 241 Å². The molecular weight excluding hydrogens is 496 g/mol. The second-order valence-electron chi connectivity index (χ2n) is 10.7. The van der Waals surface area contributed by atoms with Crippen molar-refractivity contribution >= 4 is 23.4 Å². The number of hydrogen-bond donors (Lipinski definition) is 0. The molecular formula is C39H30N2. The highest BCUT2D eigenvalue weighted by Gasteiger charge is 2.48. The normalized spacial score (nSPS) is 18.6. The summed E-state index contributed by atoms with van der Waals surface area (Å²) >= 11 is 0. The Morgan fingerprint density at radius 1 is 0.610 bits per heavy atom. The topological polar surface area (TPSA) is 25.2 Å². The van der Waals surface area contributed by atoms with E-state index in [4.69, 9.17) is 9.98 Å². The second-order valence-corrected chi connectivity index (χ2v) is 10.7. The molecule has 5 aromatic rings. The van der Waals surface area contributed by atoms with Gasteiger partial charge in [0.2, 0.25) is 0 Å². The maximum atomic E-state index is 5.41. The lowest BCUT2D eigenvalue weighted by atomic mass is 9.70. The number of aromatic nitrogens is 1. The molecule has 0 N–H and O–H groups in total. The van der Waals surface area contributed by atoms with Gasteiger partial charge in [-0.2, -0.15) is 0 Å². The molecule has 1 aliphatic heterocycles. The molecule has 0 atom stereocenters. The summed E-state index contributed by atoms with van der Waals surface area (Å²) in [6.07, 6.45) is 10.8. The minimum absolute atomic E-state index is 0.651. The Bertz CT molecular complexity index is 1870. The molecule has 41 heavy (non-hydrogen) atoms. The van der Waals surface area contributed by atoms with Gasteiger partial charge in [0, 0.05) is 12.6 Å². The first kappa shape index (κ1) is 24.9. The Hall–Kier alpha value is -5.08. The summed E-state index contributed by atoms with van der Waals surface area (Å²) in [4.78, 5) is 10.4. The van der Waals surface area contributed by atoms with Gasteiger partial charge in [-0.1, -0.05) is 115 Å². The van der Waals surface area contributed by atoms with Gasteiger partial charge in [0.25, 0.3) is 0 Å². The van der Waals surface area contributed by atoms with E-state index in [-0.39, 0.29) is 0 Å². The number of rotatable bonds is 0. The SMILES string of the molecule is CN=C1/C=C\C=C(/C)c2cccc(c2)/C=C\c2cccc(c2)-c2cccc(n2)C12c1ccccc1-c1ccccc12. The van der Waals surface area contributed by atoms with Crippen LogP contribution in [0, 0.1) is 0 Å². The van der Waals surface area contributed by atoms with Gasteiger partial charge >= 0.3 is 0 Å². The number of allylic oxidation sites excluding steroid dienone is 4. The molecule has 0 fully saturated rings. The highest BCUT2D eigenvalue weighted by atomic mass is 14.8. The van der Waals surface area contributed by atoms with Crippen molar-refractivity contribution in [1.29, 1.82) is 0 Å². The summed E-state index contributed by atoms with van der Waals surface area (Å²) in [7, 11) is 1.90. The van der Waals surface area contributed by atoms with Gasteiger partial charge in [0.05, 0.1) is 17.1 Å². The predicted molar refractivity (Wildman–Crippen MR) is 173 cm³/mol. The summed E-state index contributed by atoms with van der Waals surface area (Å²) in [6, 6.07) is 41.1. The molecule has 2 heteroatoms. The molecule has 196 valence electrons. The van der Waals surface area contributed by atoms with Crippen molar-refractivity contribution in [3.05, 3.63) is 167 Å². The Morgan fingerprint density at radius 3 is 1.90 bits per heavy atom. The van der Waals surface area contributed by atoms with Crippen molar-refractivity contribution in [3.8, 4) is 22.4 Å². The lowest BCUT2D eigenvalue weighted by molar-refractivity contribution is 0.814. The van der Waals surface area contributed by atoms with Crippen LogP contribution in [0.25, 0.3) is 40.1 Å². The number of nitrogens with zero attached hydrogens (tertiary/aromatic N) is 2. The summed E-state index contributed by atoms with van der Waals surface area (Å²) < 4.78 is 0. The highest BCUT2D eigenvalue weighted by Crippen LogP contribution is 2.53. The van der Waals surface area contributed by atoms with E-state index in [1.807, 2.05) is 7.05 Å². The van der Waals surface area contributed by atoms with Crippen molar-refractivity contribution in [2.45, 2.75) is 12.3 Å². The number of fused-ring (bicyclic) bond motifs is 13. The van der Waals surface area contributed by atoms with Crippen LogP contribution in [0.1, 0.15) is 40.4 Å². The molecule has 0 amide bonds. The number of benzene rings is 4. The first-order chi connectivity index (χ1) is 20.2. The molecule has 2 heterocycles. The van der Waals surface area contributed by atoms with Crippen LogP contribution in [0.4, 0.5) is 0 Å². The molecule has 0 radical (unpaired) electrons. The van der Waals surface area contributed by atoms with Crippen LogP contribution in [0.2, 0.25) is 0 Å². The summed E-state index contributed by atoms with van der Waals surface area (Å²) in [5, 5.41) is 0. The van der Waals surface area contributed by atoms with Crippen molar-refractivity contribution in [3.63, 3.8) is 0 Å². The fraction of sp³-hybridized carbons (Fsp3) is 0.0769. The van der Waals surface area contributed by atoms with Gasteiger partial charge < -0.3 is 0 Å². The first-order valence-electron chi connectivity index (χ1n) is 14.1. The van der Waals surface area contributed by atoms with Gasteiger partial charge in [-0.25, -0.2) is 0 Å². The van der Waals surface area contributed by atoms with E-state index >= 15 is 0 Å². The smallest absolute Gasteiger partial charge is 0.105 e. The zero-order chi connectivity index (χ0) is 27.8. The zero-order valence-electron chi connectivity index (χ0n) is 23.3. The van der Waals surface area contributed by atoms with Gasteiger partial charge in [-0.3, -0.25) is 9.98 Å². The number of pyridine rings is 1. The molecule has 4 aromatic carbocycles. The van der Waals surface area contributed by atoms with E-state index in [9.17, 15) is 0 Å². The van der Waals surface area contributed by atoms with Gasteiger partial charge in [-0.15, -0.1) is 0 Å². The van der Waals surface area contributed by atoms with E-state index in [1.54, 1.807) is 0 Å². The van der Waals surface area contributed by atoms with E-state index < -0.39 is 5.41 Å². The number of hydrogen-bond acceptors (Lipinski definition) is 2. The summed E-state index contributed by atoms with van der Waals surface area (Å²) in [6.45, 7) is 2.16. The molecule has 1 spiro atoms. The summed E-state index contributed by atoms with van der Waals surface area (Å²) in [5.41, 5.74) is 12.9. The molecule has 0 saturated heterocycles. The van der Waals surface area contributed by atoms with Crippen LogP contribution >= 0.6 is 0 Å². The first-order valence-corrected chi connectivity index (χ1v) is 14.1. The average Bonchev–Trinajstić information content (AvgIpc) is 3.33. The Balaban J connectivity index is 1.55. The second kappa shape index (κ2) is 10.1. The predicted octanol–water partition coefficient (Wildman–Crippen LogP) is 9.28. The molecule has 1 aliphatic carbocycles. The van der Waals surface area contributed by atoms with Crippen LogP contribution in [0.5, 0.6) is 0 Å². The Kier molecular flexibility index (Phi) is 6.17. The molecule has 0 unspecified atom stereocenters. The lowest BCUT2D eigenvalue weighted by Crippen LogP contribution is -2.36. The van der Waals surface area contributed by atoms with Crippen LogP contribution < -0.4 is 0 Å². The highest BCUT2D eigenvalue weighted by molar-refractivity contribution is 6.13. The number of aliphatic imine (C=N–C) groups is 1. The van der Waals surface area contributed by atoms with Crippen LogP contribution in [-0.4, -0.2) is 17.7 Å². The van der Waals surface area contributed by atoms with Gasteiger partial charge in [0.1, 0.15) is 5.41 Å². The van der Waals surface area contributed by atoms with Crippen molar-refractivity contribution in [1.82, 2.24) is 4.98 Å². The molecule has 2 aliphatic rings. The fourth-order valence-corrected chi connectivity index (χ4v) is 6.35. The van der Waals surface area contributed by atoms with Crippen LogP contribution in [0.3, 0.4) is 0 Å². The summed E-state index contributed by atoms with van der Waals surface area (Å²) in [5.74, 6) is 0. The lowest BCUT2D eigenvalue weighted by Gasteiger charge is -2.32. The van der Waals surface area contributed by atoms with Crippen molar-refractivity contribution in [2.75, 3.05) is 7.05 Å². The Morgan fingerprint density at radius 2 is 1.22 bits per heavy atom. The van der Waals surface area contributed by atoms with Crippen molar-refractivity contribution < 1.29 is 0 Å². The third-order valence-corrected chi connectivity index (χ3v) is 8.30. The largest absolute Gasteiger partial charge is 0.291 e. The van der Waals surface area contributed by atoms with Crippen LogP contribution in [0.15, 0.2) is 138 Å². The standard InChI is InChI=1S/C39H30N2/c1-27-11-7-21-37(40-2)39(34-18-5-3-16-32(34)33-17-4-6-19-35(33)39)38-22-10-20-36(41-38)31-15-9-13-29(26-31)24-23-28-12-8-14-30(27)25-28/h3-26H,1-2H3/b21-7-,24-23-,27-11+,40-37?. The van der Waals surface area contributed by atoms with E-state index in [2.05, 4.69) is 153 Å². The maximum Gasteiger partial charge on any atom is 0.105 e. The van der Waals surface area contributed by atoms with Crippen LogP contribution in [-0.2, 0) is 5.41 Å². The minimum atomic E-state index is -0.651. The molecule has 2 nitrogen and oxygen atoms in total. The molecule has 6 bridgehead atoms. The monoisotopic (exact) mass is 526 g/mol. The van der Waals surface area contributed by atoms with Gasteiger partial charge in [0.15, 0.2) is 0 Å². The average molecular weight is 527 g/mol. The molecule has 7 rings (SSSR count). The zero-order valence-corrected chi connectivity index (χ0v) is 23.3. The van der Waals surface area contributed by atoms with E-state index in [1.165, 1.54) is 39.0 Å².